The molecule has 0 aliphatic rings. The summed E-state index contributed by atoms with van der Waals surface area (Å²) in [6, 6.07) is 0. The van der Waals surface area contributed by atoms with Crippen LogP contribution in [-0.4, -0.2) is 34.6 Å². The zero-order chi connectivity index (χ0) is 11.2. The van der Waals surface area contributed by atoms with Gasteiger partial charge in [0.1, 0.15) is 0 Å². The van der Waals surface area contributed by atoms with Crippen molar-refractivity contribution in [3.05, 3.63) is 12.2 Å². The number of aliphatic carboxylic acids is 1. The fourth-order valence-electron chi connectivity index (χ4n) is 1.16. The number of carboxylic acids is 1. The van der Waals surface area contributed by atoms with Gasteiger partial charge in [-0.2, -0.15) is 0 Å². The molecule has 0 spiro atoms. The Kier molecular flexibility index (Phi) is 5.46. The second-order valence-corrected chi connectivity index (χ2v) is 4.33. The first-order valence-corrected chi connectivity index (χ1v) is 4.96. The van der Waals surface area contributed by atoms with Gasteiger partial charge in [-0.3, -0.25) is 9.69 Å². The Labute approximate surface area is 86.4 Å². The van der Waals surface area contributed by atoms with Crippen LogP contribution in [-0.2, 0) is 4.79 Å². The van der Waals surface area contributed by atoms with E-state index in [4.69, 9.17) is 5.11 Å². The Morgan fingerprint density at radius 1 is 1.43 bits per heavy atom. The first-order valence-electron chi connectivity index (χ1n) is 4.96. The second-order valence-electron chi connectivity index (χ2n) is 4.33. The standard InChI is InChI=1S/C11H21NO2/c1-5-6-8-12(11(2,3)4)9-7-10(13)14/h5-6H,7-9H2,1-4H3,(H,13,14)/b6-5+. The van der Waals surface area contributed by atoms with Crippen molar-refractivity contribution in [3.8, 4) is 0 Å². The fraction of sp³-hybridized carbons (Fsp3) is 0.727. The molecule has 0 heterocycles. The van der Waals surface area contributed by atoms with Gasteiger partial charge in [0, 0.05) is 18.6 Å². The number of rotatable bonds is 5. The first kappa shape index (κ1) is 13.2. The normalized spacial score (nSPS) is 12.6. The number of hydrogen-bond donors (Lipinski definition) is 1. The maximum Gasteiger partial charge on any atom is 0.304 e. The smallest absolute Gasteiger partial charge is 0.304 e. The average Bonchev–Trinajstić information content (AvgIpc) is 2.01. The number of carbonyl (C=O) groups is 1. The Bertz CT molecular complexity index is 204. The van der Waals surface area contributed by atoms with Gasteiger partial charge >= 0.3 is 5.97 Å². The summed E-state index contributed by atoms with van der Waals surface area (Å²) in [6.45, 7) is 9.67. The van der Waals surface area contributed by atoms with Crippen LogP contribution in [0.4, 0.5) is 0 Å². The van der Waals surface area contributed by atoms with Gasteiger partial charge in [0.25, 0.3) is 0 Å². The minimum absolute atomic E-state index is 0.0228. The molecule has 0 aliphatic carbocycles. The molecular formula is C11H21NO2. The van der Waals surface area contributed by atoms with Crippen LogP contribution < -0.4 is 0 Å². The summed E-state index contributed by atoms with van der Waals surface area (Å²) in [4.78, 5) is 12.6. The predicted molar refractivity (Wildman–Crippen MR) is 58.4 cm³/mol. The van der Waals surface area contributed by atoms with Crippen molar-refractivity contribution in [2.45, 2.75) is 39.7 Å². The highest BCUT2D eigenvalue weighted by atomic mass is 16.4. The first-order chi connectivity index (χ1) is 6.38. The summed E-state index contributed by atoms with van der Waals surface area (Å²) in [5.41, 5.74) is 0.0228. The van der Waals surface area contributed by atoms with E-state index in [1.54, 1.807) is 0 Å². The van der Waals surface area contributed by atoms with Crippen molar-refractivity contribution in [1.29, 1.82) is 0 Å². The number of carboxylic acid groups (broad SMARTS) is 1. The topological polar surface area (TPSA) is 40.5 Å². The third-order valence-corrected chi connectivity index (χ3v) is 2.11. The molecule has 0 amide bonds. The minimum atomic E-state index is -0.736. The van der Waals surface area contributed by atoms with E-state index in [0.717, 1.165) is 6.54 Å². The van der Waals surface area contributed by atoms with E-state index in [-0.39, 0.29) is 12.0 Å². The molecule has 0 aromatic carbocycles. The van der Waals surface area contributed by atoms with Crippen molar-refractivity contribution >= 4 is 5.97 Å². The summed E-state index contributed by atoms with van der Waals surface area (Å²) < 4.78 is 0. The fourth-order valence-corrected chi connectivity index (χ4v) is 1.16. The highest BCUT2D eigenvalue weighted by Gasteiger charge is 2.20. The molecule has 1 N–H and O–H groups in total. The monoisotopic (exact) mass is 199 g/mol. The van der Waals surface area contributed by atoms with Crippen LogP contribution in [0.15, 0.2) is 12.2 Å². The maximum absolute atomic E-state index is 10.5. The van der Waals surface area contributed by atoms with Crippen molar-refractivity contribution in [1.82, 2.24) is 4.90 Å². The molecule has 0 radical (unpaired) electrons. The van der Waals surface area contributed by atoms with Crippen LogP contribution in [0.3, 0.4) is 0 Å². The van der Waals surface area contributed by atoms with Gasteiger partial charge in [0.2, 0.25) is 0 Å². The summed E-state index contributed by atoms with van der Waals surface area (Å²) in [7, 11) is 0. The molecular weight excluding hydrogens is 178 g/mol. The van der Waals surface area contributed by atoms with E-state index in [9.17, 15) is 4.79 Å². The largest absolute Gasteiger partial charge is 0.481 e. The van der Waals surface area contributed by atoms with Crippen LogP contribution in [0, 0.1) is 0 Å². The molecule has 0 saturated carbocycles. The average molecular weight is 199 g/mol. The van der Waals surface area contributed by atoms with Crippen molar-refractivity contribution < 1.29 is 9.90 Å². The Morgan fingerprint density at radius 3 is 2.36 bits per heavy atom. The van der Waals surface area contributed by atoms with Crippen molar-refractivity contribution in [2.75, 3.05) is 13.1 Å². The number of allylic oxidation sites excluding steroid dienone is 1. The van der Waals surface area contributed by atoms with Crippen LogP contribution >= 0.6 is 0 Å². The van der Waals surface area contributed by atoms with Gasteiger partial charge in [-0.1, -0.05) is 12.2 Å². The second kappa shape index (κ2) is 5.81. The van der Waals surface area contributed by atoms with Crippen molar-refractivity contribution in [2.24, 2.45) is 0 Å². The van der Waals surface area contributed by atoms with Gasteiger partial charge < -0.3 is 5.11 Å². The molecule has 0 aliphatic heterocycles. The SMILES string of the molecule is C/C=C/CN(CCC(=O)O)C(C)(C)C. The highest BCUT2D eigenvalue weighted by molar-refractivity contribution is 5.66. The summed E-state index contributed by atoms with van der Waals surface area (Å²) in [6.07, 6.45) is 4.24. The lowest BCUT2D eigenvalue weighted by molar-refractivity contribution is -0.137. The lowest BCUT2D eigenvalue weighted by atomic mass is 10.1. The summed E-state index contributed by atoms with van der Waals surface area (Å²) in [5, 5.41) is 8.61. The molecule has 82 valence electrons. The van der Waals surface area contributed by atoms with E-state index in [1.165, 1.54) is 0 Å². The molecule has 0 bridgehead atoms. The molecule has 0 unspecified atom stereocenters. The lowest BCUT2D eigenvalue weighted by Gasteiger charge is -2.34. The predicted octanol–water partition coefficient (Wildman–Crippen LogP) is 2.14. The molecule has 0 aromatic rings. The zero-order valence-electron chi connectivity index (χ0n) is 9.58. The third-order valence-electron chi connectivity index (χ3n) is 2.11. The van der Waals surface area contributed by atoms with Gasteiger partial charge in [0.05, 0.1) is 6.42 Å². The van der Waals surface area contributed by atoms with Crippen LogP contribution in [0.2, 0.25) is 0 Å². The van der Waals surface area contributed by atoms with E-state index >= 15 is 0 Å². The third kappa shape index (κ3) is 5.75. The molecule has 14 heavy (non-hydrogen) atoms. The number of nitrogens with zero attached hydrogens (tertiary/aromatic N) is 1. The van der Waals surface area contributed by atoms with Crippen LogP contribution in [0.1, 0.15) is 34.1 Å². The molecule has 0 saturated heterocycles. The summed E-state index contributed by atoms with van der Waals surface area (Å²) >= 11 is 0. The van der Waals surface area contributed by atoms with E-state index in [0.29, 0.717) is 6.54 Å². The zero-order valence-corrected chi connectivity index (χ0v) is 9.58. The molecule has 0 fully saturated rings. The molecule has 0 atom stereocenters. The quantitative estimate of drug-likeness (QED) is 0.690. The maximum atomic E-state index is 10.5. The highest BCUT2D eigenvalue weighted by Crippen LogP contribution is 2.13. The van der Waals surface area contributed by atoms with Crippen LogP contribution in [0.5, 0.6) is 0 Å². The van der Waals surface area contributed by atoms with Gasteiger partial charge in [-0.25, -0.2) is 0 Å². The molecule has 3 nitrogen and oxygen atoms in total. The summed E-state index contributed by atoms with van der Waals surface area (Å²) in [5.74, 6) is -0.736. The Hall–Kier alpha value is -0.830. The molecule has 3 heteroatoms. The van der Waals surface area contributed by atoms with Crippen LogP contribution in [0.25, 0.3) is 0 Å². The Balaban J connectivity index is 4.18. The van der Waals surface area contributed by atoms with E-state index < -0.39 is 5.97 Å². The molecule has 0 aromatic heterocycles. The van der Waals surface area contributed by atoms with Crippen molar-refractivity contribution in [3.63, 3.8) is 0 Å². The van der Waals surface area contributed by atoms with Gasteiger partial charge in [0.15, 0.2) is 0 Å². The minimum Gasteiger partial charge on any atom is -0.481 e. The van der Waals surface area contributed by atoms with Gasteiger partial charge in [-0.15, -0.1) is 0 Å². The lowest BCUT2D eigenvalue weighted by Crippen LogP contribution is -2.42. The van der Waals surface area contributed by atoms with E-state index in [1.807, 2.05) is 19.1 Å². The number of hydrogen-bond acceptors (Lipinski definition) is 2. The van der Waals surface area contributed by atoms with Gasteiger partial charge in [-0.05, 0) is 27.7 Å². The van der Waals surface area contributed by atoms with E-state index in [2.05, 4.69) is 25.7 Å². The molecule has 0 rings (SSSR count). The Morgan fingerprint density at radius 2 is 2.00 bits per heavy atom.